The van der Waals surface area contributed by atoms with Gasteiger partial charge in [0.2, 0.25) is 0 Å². The molecule has 0 aliphatic heterocycles. The second-order valence-corrected chi connectivity index (χ2v) is 3.88. The highest BCUT2D eigenvalue weighted by Gasteiger charge is 1.96. The molecule has 1 N–H and O–H groups in total. The summed E-state index contributed by atoms with van der Waals surface area (Å²) < 4.78 is 0. The zero-order valence-electron chi connectivity index (χ0n) is 9.93. The minimum atomic E-state index is 0.781. The summed E-state index contributed by atoms with van der Waals surface area (Å²) in [6.45, 7) is 3.61. The molecule has 0 spiro atoms. The van der Waals surface area contributed by atoms with Gasteiger partial charge in [0.05, 0.1) is 5.69 Å². The summed E-state index contributed by atoms with van der Waals surface area (Å²) in [4.78, 5) is 12.5. The molecule has 0 saturated carbocycles. The van der Waals surface area contributed by atoms with Crippen molar-refractivity contribution >= 4 is 0 Å². The topological polar surface area (TPSA) is 50.7 Å². The first kappa shape index (κ1) is 11.7. The highest BCUT2D eigenvalue weighted by Crippen LogP contribution is 1.97. The second kappa shape index (κ2) is 6.06. The molecule has 2 rings (SSSR count). The molecule has 0 bridgehead atoms. The van der Waals surface area contributed by atoms with E-state index in [-0.39, 0.29) is 0 Å². The summed E-state index contributed by atoms with van der Waals surface area (Å²) in [7, 11) is 0. The van der Waals surface area contributed by atoms with Gasteiger partial charge in [-0.25, -0.2) is 9.97 Å². The average molecular weight is 228 g/mol. The molecule has 2 aromatic heterocycles. The van der Waals surface area contributed by atoms with Gasteiger partial charge in [-0.1, -0.05) is 6.07 Å². The standard InChI is InChI=1S/C13H16N4/c1-11-16-8-5-13(17-11)10-15-7-4-12-3-2-6-14-9-12/h2-3,5-6,8-9,15H,4,7,10H2,1H3. The Morgan fingerprint density at radius 3 is 2.94 bits per heavy atom. The predicted molar refractivity (Wildman–Crippen MR) is 66.4 cm³/mol. The summed E-state index contributed by atoms with van der Waals surface area (Å²) in [5.41, 5.74) is 2.28. The zero-order valence-corrected chi connectivity index (χ0v) is 9.93. The lowest BCUT2D eigenvalue weighted by molar-refractivity contribution is 0.670. The Bertz CT molecular complexity index is 456. The number of hydrogen-bond acceptors (Lipinski definition) is 4. The van der Waals surface area contributed by atoms with E-state index in [4.69, 9.17) is 0 Å². The maximum absolute atomic E-state index is 4.33. The normalized spacial score (nSPS) is 10.4. The van der Waals surface area contributed by atoms with Crippen molar-refractivity contribution in [3.05, 3.63) is 53.9 Å². The molecule has 4 heteroatoms. The minimum absolute atomic E-state index is 0.781. The molecule has 0 aromatic carbocycles. The van der Waals surface area contributed by atoms with Gasteiger partial charge in [0.25, 0.3) is 0 Å². The van der Waals surface area contributed by atoms with E-state index in [0.29, 0.717) is 0 Å². The van der Waals surface area contributed by atoms with Crippen molar-refractivity contribution in [1.29, 1.82) is 0 Å². The van der Waals surface area contributed by atoms with E-state index >= 15 is 0 Å². The van der Waals surface area contributed by atoms with Crippen LogP contribution in [0.4, 0.5) is 0 Å². The van der Waals surface area contributed by atoms with E-state index in [2.05, 4.69) is 26.3 Å². The summed E-state index contributed by atoms with van der Waals surface area (Å²) in [5, 5.41) is 3.36. The molecule has 0 saturated heterocycles. The van der Waals surface area contributed by atoms with Gasteiger partial charge in [-0.15, -0.1) is 0 Å². The molecule has 0 amide bonds. The van der Waals surface area contributed by atoms with E-state index < -0.39 is 0 Å². The van der Waals surface area contributed by atoms with Gasteiger partial charge < -0.3 is 5.32 Å². The van der Waals surface area contributed by atoms with E-state index in [1.54, 1.807) is 12.4 Å². The lowest BCUT2D eigenvalue weighted by atomic mass is 10.2. The van der Waals surface area contributed by atoms with Crippen LogP contribution in [-0.2, 0) is 13.0 Å². The SMILES string of the molecule is Cc1nccc(CNCCc2cccnc2)n1. The minimum Gasteiger partial charge on any atom is -0.311 e. The van der Waals surface area contributed by atoms with Crippen LogP contribution in [0.5, 0.6) is 0 Å². The Labute approximate surface area is 101 Å². The molecular formula is C13H16N4. The Kier molecular flexibility index (Phi) is 4.16. The van der Waals surface area contributed by atoms with Gasteiger partial charge in [-0.3, -0.25) is 4.98 Å². The molecule has 2 heterocycles. The largest absolute Gasteiger partial charge is 0.311 e. The van der Waals surface area contributed by atoms with Crippen LogP contribution in [0.15, 0.2) is 36.8 Å². The Morgan fingerprint density at radius 1 is 1.24 bits per heavy atom. The fourth-order valence-corrected chi connectivity index (χ4v) is 1.60. The number of pyridine rings is 1. The first-order valence-corrected chi connectivity index (χ1v) is 5.73. The fourth-order valence-electron chi connectivity index (χ4n) is 1.60. The van der Waals surface area contributed by atoms with Gasteiger partial charge in [0.1, 0.15) is 5.82 Å². The van der Waals surface area contributed by atoms with E-state index in [1.807, 2.05) is 25.3 Å². The van der Waals surface area contributed by atoms with Gasteiger partial charge in [0.15, 0.2) is 0 Å². The number of aromatic nitrogens is 3. The molecule has 4 nitrogen and oxygen atoms in total. The fraction of sp³-hybridized carbons (Fsp3) is 0.308. The molecule has 0 unspecified atom stereocenters. The predicted octanol–water partition coefficient (Wildman–Crippen LogP) is 1.51. The molecule has 0 aliphatic rings. The number of hydrogen-bond donors (Lipinski definition) is 1. The van der Waals surface area contributed by atoms with E-state index in [9.17, 15) is 0 Å². The Morgan fingerprint density at radius 2 is 2.18 bits per heavy atom. The second-order valence-electron chi connectivity index (χ2n) is 3.88. The zero-order chi connectivity index (χ0) is 11.9. The van der Waals surface area contributed by atoms with Gasteiger partial charge >= 0.3 is 0 Å². The van der Waals surface area contributed by atoms with Gasteiger partial charge in [-0.05, 0) is 37.6 Å². The highest BCUT2D eigenvalue weighted by atomic mass is 14.9. The van der Waals surface area contributed by atoms with Crippen LogP contribution >= 0.6 is 0 Å². The molecule has 2 aromatic rings. The maximum Gasteiger partial charge on any atom is 0.125 e. The van der Waals surface area contributed by atoms with Crippen LogP contribution in [-0.4, -0.2) is 21.5 Å². The number of nitrogens with one attached hydrogen (secondary N) is 1. The van der Waals surface area contributed by atoms with Crippen LogP contribution in [0.3, 0.4) is 0 Å². The molecule has 0 radical (unpaired) electrons. The molecular weight excluding hydrogens is 212 g/mol. The molecule has 0 aliphatic carbocycles. The number of rotatable bonds is 5. The van der Waals surface area contributed by atoms with Crippen LogP contribution in [0.2, 0.25) is 0 Å². The number of nitrogens with zero attached hydrogens (tertiary/aromatic N) is 3. The van der Waals surface area contributed by atoms with Crippen LogP contribution in [0, 0.1) is 6.92 Å². The summed E-state index contributed by atoms with van der Waals surface area (Å²) in [6.07, 6.45) is 6.47. The monoisotopic (exact) mass is 228 g/mol. The molecule has 88 valence electrons. The van der Waals surface area contributed by atoms with Crippen molar-refractivity contribution in [2.45, 2.75) is 19.9 Å². The highest BCUT2D eigenvalue weighted by molar-refractivity contribution is 5.08. The number of aryl methyl sites for hydroxylation is 1. The molecule has 0 fully saturated rings. The quantitative estimate of drug-likeness (QED) is 0.788. The third-order valence-electron chi connectivity index (χ3n) is 2.45. The third-order valence-corrected chi connectivity index (χ3v) is 2.45. The van der Waals surface area contributed by atoms with Crippen LogP contribution in [0.25, 0.3) is 0 Å². The van der Waals surface area contributed by atoms with E-state index in [1.165, 1.54) is 5.56 Å². The van der Waals surface area contributed by atoms with Crippen molar-refractivity contribution in [1.82, 2.24) is 20.3 Å². The summed E-state index contributed by atoms with van der Waals surface area (Å²) in [6, 6.07) is 5.98. The Hall–Kier alpha value is -1.81. The first-order valence-electron chi connectivity index (χ1n) is 5.73. The van der Waals surface area contributed by atoms with Crippen LogP contribution < -0.4 is 5.32 Å². The maximum atomic E-state index is 4.33. The summed E-state index contributed by atoms with van der Waals surface area (Å²) >= 11 is 0. The lowest BCUT2D eigenvalue weighted by Crippen LogP contribution is -2.17. The Balaban J connectivity index is 1.73. The molecule has 17 heavy (non-hydrogen) atoms. The van der Waals surface area contributed by atoms with Crippen molar-refractivity contribution in [2.24, 2.45) is 0 Å². The van der Waals surface area contributed by atoms with Crippen LogP contribution in [0.1, 0.15) is 17.1 Å². The van der Waals surface area contributed by atoms with Crippen molar-refractivity contribution < 1.29 is 0 Å². The van der Waals surface area contributed by atoms with Crippen molar-refractivity contribution in [3.63, 3.8) is 0 Å². The van der Waals surface area contributed by atoms with Crippen molar-refractivity contribution in [2.75, 3.05) is 6.54 Å². The smallest absolute Gasteiger partial charge is 0.125 e. The third kappa shape index (κ3) is 3.92. The first-order chi connectivity index (χ1) is 8.34. The van der Waals surface area contributed by atoms with Crippen molar-refractivity contribution in [3.8, 4) is 0 Å². The van der Waals surface area contributed by atoms with E-state index in [0.717, 1.165) is 31.0 Å². The summed E-state index contributed by atoms with van der Waals surface area (Å²) in [5.74, 6) is 0.816. The lowest BCUT2D eigenvalue weighted by Gasteiger charge is -2.04. The van der Waals surface area contributed by atoms with Gasteiger partial charge in [0, 0.05) is 25.1 Å². The average Bonchev–Trinajstić information content (AvgIpc) is 2.36. The van der Waals surface area contributed by atoms with Gasteiger partial charge in [-0.2, -0.15) is 0 Å². The molecule has 0 atom stereocenters.